The van der Waals surface area contributed by atoms with Crippen molar-refractivity contribution in [2.75, 3.05) is 19.6 Å². The van der Waals surface area contributed by atoms with Crippen molar-refractivity contribution in [1.29, 1.82) is 0 Å². The number of carbonyl (C=O) groups is 1. The Bertz CT molecular complexity index is 1190. The average molecular weight is 506 g/mol. The largest absolute Gasteiger partial charge is 0.474 e. The molecule has 1 aliphatic heterocycles. The number of aromatic nitrogens is 1. The van der Waals surface area contributed by atoms with Gasteiger partial charge in [0.25, 0.3) is 5.91 Å². The number of fused-ring (bicyclic) bond motifs is 1. The topological polar surface area (TPSA) is 87.8 Å². The van der Waals surface area contributed by atoms with E-state index in [0.29, 0.717) is 16.8 Å². The van der Waals surface area contributed by atoms with E-state index in [9.17, 15) is 9.90 Å². The molecule has 2 atom stereocenters. The Morgan fingerprint density at radius 1 is 1.26 bits per heavy atom. The van der Waals surface area contributed by atoms with Crippen LogP contribution in [-0.2, 0) is 10.7 Å². The highest BCUT2D eigenvalue weighted by molar-refractivity contribution is 6.36. The Labute approximate surface area is 206 Å². The molecule has 1 aromatic carbocycles. The second-order valence-electron chi connectivity index (χ2n) is 9.10. The summed E-state index contributed by atoms with van der Waals surface area (Å²) in [5.41, 5.74) is 0.552. The Hall–Kier alpha value is -2.75. The number of pyridine rings is 1. The van der Waals surface area contributed by atoms with Crippen molar-refractivity contribution in [2.24, 2.45) is 0 Å². The molecule has 2 aliphatic rings. The van der Waals surface area contributed by atoms with Crippen LogP contribution in [0.1, 0.15) is 43.1 Å². The molecule has 0 bridgehead atoms. The number of benzene rings is 1. The highest BCUT2D eigenvalue weighted by Gasteiger charge is 2.48. The molecule has 1 saturated carbocycles. The first-order valence-electron chi connectivity index (χ1n) is 11.7. The highest BCUT2D eigenvalue weighted by atomic mass is 35.5. The molecule has 10 heteroatoms. The predicted molar refractivity (Wildman–Crippen MR) is 126 cm³/mol. The second-order valence-corrected chi connectivity index (χ2v) is 9.47. The molecule has 0 spiro atoms. The minimum absolute atomic E-state index is 0.160. The molecule has 35 heavy (non-hydrogen) atoms. The normalized spacial score (nSPS) is 18.5. The third-order valence-corrected chi connectivity index (χ3v) is 6.74. The zero-order valence-corrected chi connectivity index (χ0v) is 19.7. The maximum atomic E-state index is 15.3. The van der Waals surface area contributed by atoms with Crippen molar-refractivity contribution in [3.63, 3.8) is 0 Å². The molecule has 3 heterocycles. The number of furan rings is 1. The first-order valence-corrected chi connectivity index (χ1v) is 12.1. The number of rotatable bonds is 9. The Balaban J connectivity index is 1.36. The molecule has 1 aliphatic carbocycles. The lowest BCUT2D eigenvalue weighted by Gasteiger charge is -2.29. The van der Waals surface area contributed by atoms with E-state index in [1.54, 1.807) is 30.3 Å². The molecule has 7 nitrogen and oxygen atoms in total. The summed E-state index contributed by atoms with van der Waals surface area (Å²) in [6, 6.07) is 8.57. The molecular formula is C25H26ClF2N3O4. The van der Waals surface area contributed by atoms with Gasteiger partial charge in [-0.15, -0.1) is 0 Å². The van der Waals surface area contributed by atoms with Gasteiger partial charge in [0, 0.05) is 29.8 Å². The maximum Gasteiger partial charge on any atom is 0.382 e. The second kappa shape index (κ2) is 9.72. The van der Waals surface area contributed by atoms with Gasteiger partial charge >= 0.3 is 5.92 Å². The van der Waals surface area contributed by atoms with Crippen molar-refractivity contribution in [1.82, 2.24) is 15.2 Å². The van der Waals surface area contributed by atoms with Gasteiger partial charge in [-0.1, -0.05) is 23.7 Å². The Morgan fingerprint density at radius 2 is 2.00 bits per heavy atom. The Kier molecular flexibility index (Phi) is 6.65. The number of carbonyl (C=O) groups excluding carboxylic acids is 1. The fourth-order valence-electron chi connectivity index (χ4n) is 4.27. The number of amides is 1. The summed E-state index contributed by atoms with van der Waals surface area (Å²) < 4.78 is 41.4. The number of nitrogens with one attached hydrogen (secondary N) is 1. The van der Waals surface area contributed by atoms with Crippen LogP contribution in [0.4, 0.5) is 8.78 Å². The fraction of sp³-hybridized carbons (Fsp3) is 0.440. The van der Waals surface area contributed by atoms with E-state index in [-0.39, 0.29) is 23.3 Å². The standard InChI is InChI=1S/C25H26ClF2N3O4/c26-21-17-5-1-2-6-19(17)35-23(21)25(27,28)24(33)30-18(14-31-11-3-4-12-31)22(32)15-7-10-20(29-13-15)34-16-8-9-16/h1-2,5-7,10,13,16,18,22,32H,3-4,8-9,11-12,14H2,(H,30,33)/t18-,22-/m1/s1. The summed E-state index contributed by atoms with van der Waals surface area (Å²) in [7, 11) is 0. The van der Waals surface area contributed by atoms with E-state index in [0.717, 1.165) is 38.8 Å². The quantitative estimate of drug-likeness (QED) is 0.447. The lowest BCUT2D eigenvalue weighted by atomic mass is 10.0. The first kappa shape index (κ1) is 24.0. The number of halogens is 3. The van der Waals surface area contributed by atoms with Gasteiger partial charge in [-0.2, -0.15) is 8.78 Å². The number of hydrogen-bond acceptors (Lipinski definition) is 6. The van der Waals surface area contributed by atoms with Crippen LogP contribution in [0.25, 0.3) is 11.0 Å². The van der Waals surface area contributed by atoms with Crippen LogP contribution in [0.2, 0.25) is 5.02 Å². The van der Waals surface area contributed by atoms with E-state index < -0.39 is 29.7 Å². The molecule has 2 N–H and O–H groups in total. The van der Waals surface area contributed by atoms with E-state index in [2.05, 4.69) is 10.3 Å². The van der Waals surface area contributed by atoms with Crippen molar-refractivity contribution >= 4 is 28.5 Å². The van der Waals surface area contributed by atoms with Gasteiger partial charge in [0.2, 0.25) is 11.6 Å². The average Bonchev–Trinajstić information content (AvgIpc) is 3.39. The molecule has 1 amide bonds. The van der Waals surface area contributed by atoms with Crippen LogP contribution in [0.3, 0.4) is 0 Å². The number of hydrogen-bond donors (Lipinski definition) is 2. The molecule has 2 fully saturated rings. The maximum absolute atomic E-state index is 15.3. The molecule has 1 saturated heterocycles. The van der Waals surface area contributed by atoms with Gasteiger partial charge < -0.3 is 24.5 Å². The lowest BCUT2D eigenvalue weighted by Crippen LogP contribution is -2.51. The summed E-state index contributed by atoms with van der Waals surface area (Å²) >= 11 is 6.14. The monoisotopic (exact) mass is 505 g/mol. The van der Waals surface area contributed by atoms with Crippen LogP contribution in [0.15, 0.2) is 47.0 Å². The molecule has 0 radical (unpaired) electrons. The van der Waals surface area contributed by atoms with Crippen LogP contribution in [0, 0.1) is 0 Å². The smallest absolute Gasteiger partial charge is 0.382 e. The van der Waals surface area contributed by atoms with Gasteiger partial charge in [-0.3, -0.25) is 4.79 Å². The summed E-state index contributed by atoms with van der Waals surface area (Å²) in [5, 5.41) is 13.4. The number of likely N-dealkylation sites (tertiary alicyclic amines) is 1. The zero-order chi connectivity index (χ0) is 24.6. The molecule has 0 unspecified atom stereocenters. The fourth-order valence-corrected chi connectivity index (χ4v) is 4.58. The number of aliphatic hydroxyl groups is 1. The number of aliphatic hydroxyl groups excluding tert-OH is 1. The lowest BCUT2D eigenvalue weighted by molar-refractivity contribution is -0.151. The Morgan fingerprint density at radius 3 is 2.66 bits per heavy atom. The molecular weight excluding hydrogens is 480 g/mol. The first-order chi connectivity index (χ1) is 16.8. The van der Waals surface area contributed by atoms with Crippen LogP contribution in [0.5, 0.6) is 5.88 Å². The minimum atomic E-state index is -4.04. The predicted octanol–water partition coefficient (Wildman–Crippen LogP) is 4.43. The van der Waals surface area contributed by atoms with Gasteiger partial charge in [0.15, 0.2) is 0 Å². The van der Waals surface area contributed by atoms with Gasteiger partial charge in [-0.05, 0) is 57.0 Å². The van der Waals surface area contributed by atoms with E-state index in [1.165, 1.54) is 12.3 Å². The molecule has 5 rings (SSSR count). The summed E-state index contributed by atoms with van der Waals surface area (Å²) in [6.45, 7) is 1.73. The summed E-state index contributed by atoms with van der Waals surface area (Å²) in [4.78, 5) is 19.1. The number of para-hydroxylation sites is 1. The summed E-state index contributed by atoms with van der Waals surface area (Å²) in [6.07, 6.45) is 4.27. The molecule has 2 aromatic heterocycles. The number of ether oxygens (including phenoxy) is 1. The number of alkyl halides is 2. The van der Waals surface area contributed by atoms with Crippen molar-refractivity contribution < 1.29 is 27.8 Å². The van der Waals surface area contributed by atoms with Gasteiger partial charge in [-0.25, -0.2) is 4.98 Å². The SMILES string of the molecule is O=C(N[C@H](CN1CCCC1)[C@H](O)c1ccc(OC2CC2)nc1)C(F)(F)c1oc2ccccc2c1Cl. The van der Waals surface area contributed by atoms with Crippen molar-refractivity contribution in [3.8, 4) is 5.88 Å². The van der Waals surface area contributed by atoms with Crippen molar-refractivity contribution in [2.45, 2.75) is 49.9 Å². The van der Waals surface area contributed by atoms with E-state index in [1.807, 2.05) is 4.90 Å². The molecule has 186 valence electrons. The van der Waals surface area contributed by atoms with E-state index >= 15 is 8.78 Å². The van der Waals surface area contributed by atoms with Gasteiger partial charge in [0.05, 0.1) is 11.1 Å². The van der Waals surface area contributed by atoms with Crippen molar-refractivity contribution in [3.05, 3.63) is 58.9 Å². The van der Waals surface area contributed by atoms with Crippen LogP contribution >= 0.6 is 11.6 Å². The molecule has 3 aromatic rings. The third-order valence-electron chi connectivity index (χ3n) is 6.37. The third kappa shape index (κ3) is 5.12. The van der Waals surface area contributed by atoms with Crippen LogP contribution < -0.4 is 10.1 Å². The zero-order valence-electron chi connectivity index (χ0n) is 18.9. The van der Waals surface area contributed by atoms with Gasteiger partial charge in [0.1, 0.15) is 17.8 Å². The van der Waals surface area contributed by atoms with Crippen LogP contribution in [-0.4, -0.2) is 52.7 Å². The minimum Gasteiger partial charge on any atom is -0.474 e. The number of nitrogens with zero attached hydrogens (tertiary/aromatic N) is 2. The summed E-state index contributed by atoms with van der Waals surface area (Å²) in [5.74, 6) is -6.12. The highest BCUT2D eigenvalue weighted by Crippen LogP contribution is 2.40. The van der Waals surface area contributed by atoms with E-state index in [4.69, 9.17) is 20.8 Å².